The summed E-state index contributed by atoms with van der Waals surface area (Å²) in [7, 11) is 2.09. The van der Waals surface area contributed by atoms with Gasteiger partial charge in [-0.1, -0.05) is 5.16 Å². The van der Waals surface area contributed by atoms with Gasteiger partial charge in [0.2, 0.25) is 0 Å². The molecule has 4 aromatic heterocycles. The third kappa shape index (κ3) is 3.20. The molecule has 154 valence electrons. The van der Waals surface area contributed by atoms with Crippen molar-refractivity contribution in [3.05, 3.63) is 45.5 Å². The van der Waals surface area contributed by atoms with Gasteiger partial charge < -0.3 is 13.8 Å². The van der Waals surface area contributed by atoms with Crippen molar-refractivity contribution in [2.75, 3.05) is 18.9 Å². The molecule has 0 bridgehead atoms. The number of fused-ring (bicyclic) bond motifs is 2. The Bertz CT molecular complexity index is 1290. The highest BCUT2D eigenvalue weighted by molar-refractivity contribution is 7.15. The number of hydrogen-bond acceptors (Lipinski definition) is 8. The molecule has 0 saturated carbocycles. The fraction of sp³-hybridized carbons (Fsp3) is 0.333. The molecule has 0 unspecified atom stereocenters. The van der Waals surface area contributed by atoms with Gasteiger partial charge in [-0.05, 0) is 40.0 Å². The van der Waals surface area contributed by atoms with Crippen molar-refractivity contribution in [3.63, 3.8) is 0 Å². The minimum atomic E-state index is -0.257. The summed E-state index contributed by atoms with van der Waals surface area (Å²) >= 11 is 1.53. The molecule has 8 nitrogen and oxygen atoms in total. The zero-order valence-electron chi connectivity index (χ0n) is 17.2. The van der Waals surface area contributed by atoms with Crippen molar-refractivity contribution < 1.29 is 13.7 Å². The Balaban J connectivity index is 1.55. The normalized spacial score (nSPS) is 14.3. The van der Waals surface area contributed by atoms with Gasteiger partial charge in [-0.25, -0.2) is 9.97 Å². The van der Waals surface area contributed by atoms with Crippen molar-refractivity contribution in [2.24, 2.45) is 0 Å². The van der Waals surface area contributed by atoms with Gasteiger partial charge in [-0.2, -0.15) is 0 Å². The van der Waals surface area contributed by atoms with Crippen molar-refractivity contribution in [2.45, 2.75) is 33.7 Å². The lowest BCUT2D eigenvalue weighted by atomic mass is 10.1. The summed E-state index contributed by atoms with van der Waals surface area (Å²) in [6.45, 7) is 7.38. The molecule has 0 aromatic carbocycles. The first kappa shape index (κ1) is 19.0. The molecule has 1 aliphatic heterocycles. The topological polar surface area (TPSA) is 97.3 Å². The maximum absolute atomic E-state index is 13.3. The monoisotopic (exact) mass is 423 g/mol. The summed E-state index contributed by atoms with van der Waals surface area (Å²) in [5, 5.41) is 8.19. The minimum Gasteiger partial charge on any atom is -0.466 e. The number of thiazole rings is 1. The zero-order chi connectivity index (χ0) is 21.0. The molecule has 1 N–H and O–H groups in total. The average Bonchev–Trinajstić information content (AvgIpc) is 3.37. The van der Waals surface area contributed by atoms with Crippen LogP contribution < -0.4 is 5.32 Å². The molecule has 0 spiro atoms. The van der Waals surface area contributed by atoms with Gasteiger partial charge in [-0.3, -0.25) is 10.1 Å². The Morgan fingerprint density at radius 1 is 1.23 bits per heavy atom. The summed E-state index contributed by atoms with van der Waals surface area (Å²) in [6.07, 6.45) is 0.895. The molecule has 0 aliphatic carbocycles. The van der Waals surface area contributed by atoms with Gasteiger partial charge in [0, 0.05) is 30.0 Å². The number of furan rings is 1. The van der Waals surface area contributed by atoms with E-state index in [1.807, 2.05) is 19.9 Å². The van der Waals surface area contributed by atoms with Gasteiger partial charge in [0.25, 0.3) is 11.6 Å². The number of carbonyl (C=O) groups is 1. The molecule has 30 heavy (non-hydrogen) atoms. The Morgan fingerprint density at radius 3 is 2.83 bits per heavy atom. The smallest absolute Gasteiger partial charge is 0.259 e. The van der Waals surface area contributed by atoms with Crippen molar-refractivity contribution in [1.29, 1.82) is 0 Å². The van der Waals surface area contributed by atoms with Crippen molar-refractivity contribution in [3.8, 4) is 11.3 Å². The molecule has 0 atom stereocenters. The van der Waals surface area contributed by atoms with Gasteiger partial charge in [0.15, 0.2) is 5.13 Å². The van der Waals surface area contributed by atoms with E-state index in [0.717, 1.165) is 42.3 Å². The maximum atomic E-state index is 13.3. The highest BCUT2D eigenvalue weighted by atomic mass is 32.1. The number of aryl methyl sites for hydroxylation is 3. The average molecular weight is 423 g/mol. The molecule has 0 radical (unpaired) electrons. The third-order valence-electron chi connectivity index (χ3n) is 5.32. The highest BCUT2D eigenvalue weighted by Crippen LogP contribution is 2.32. The number of nitrogens with zero attached hydrogens (tertiary/aromatic N) is 4. The third-order valence-corrected chi connectivity index (χ3v) is 6.32. The van der Waals surface area contributed by atoms with Crippen LogP contribution in [-0.4, -0.2) is 39.5 Å². The van der Waals surface area contributed by atoms with Crippen LogP contribution in [0, 0.1) is 20.8 Å². The lowest BCUT2D eigenvalue weighted by Gasteiger charge is -2.20. The fourth-order valence-electron chi connectivity index (χ4n) is 3.84. The van der Waals surface area contributed by atoms with Gasteiger partial charge in [-0.15, -0.1) is 11.3 Å². The van der Waals surface area contributed by atoms with E-state index >= 15 is 0 Å². The molecule has 1 aliphatic rings. The molecule has 0 fully saturated rings. The molecule has 1 amide bonds. The van der Waals surface area contributed by atoms with Gasteiger partial charge >= 0.3 is 0 Å². The summed E-state index contributed by atoms with van der Waals surface area (Å²) in [4.78, 5) is 25.9. The van der Waals surface area contributed by atoms with Crippen LogP contribution in [0.2, 0.25) is 0 Å². The van der Waals surface area contributed by atoms with Crippen LogP contribution in [-0.2, 0) is 13.0 Å². The van der Waals surface area contributed by atoms with E-state index in [1.165, 1.54) is 16.2 Å². The Hall–Kier alpha value is -3.04. The van der Waals surface area contributed by atoms with Crippen LogP contribution in [0.5, 0.6) is 0 Å². The lowest BCUT2D eigenvalue weighted by Crippen LogP contribution is -2.25. The van der Waals surface area contributed by atoms with Crippen molar-refractivity contribution >= 4 is 33.5 Å². The molecule has 5 rings (SSSR count). The predicted molar refractivity (Wildman–Crippen MR) is 114 cm³/mol. The largest absolute Gasteiger partial charge is 0.466 e. The Morgan fingerprint density at radius 2 is 2.07 bits per heavy atom. The minimum absolute atomic E-state index is 0.257. The van der Waals surface area contributed by atoms with E-state index in [9.17, 15) is 4.79 Å². The van der Waals surface area contributed by atoms with Crippen LogP contribution in [0.4, 0.5) is 5.13 Å². The summed E-state index contributed by atoms with van der Waals surface area (Å²) in [6, 6.07) is 3.67. The van der Waals surface area contributed by atoms with Gasteiger partial charge in [0.05, 0.1) is 28.0 Å². The molecule has 9 heteroatoms. The first-order valence-electron chi connectivity index (χ1n) is 9.72. The number of anilines is 1. The molecule has 5 heterocycles. The Kier molecular flexibility index (Phi) is 4.44. The number of amides is 1. The molecule has 0 saturated heterocycles. The second kappa shape index (κ2) is 7.03. The van der Waals surface area contributed by atoms with Crippen LogP contribution in [0.25, 0.3) is 22.4 Å². The van der Waals surface area contributed by atoms with E-state index < -0.39 is 0 Å². The van der Waals surface area contributed by atoms with Crippen LogP contribution in [0.3, 0.4) is 0 Å². The number of hydrogen-bond donors (Lipinski definition) is 1. The molecule has 4 aromatic rings. The van der Waals surface area contributed by atoms with E-state index in [0.29, 0.717) is 33.2 Å². The number of aromatic nitrogens is 3. The maximum Gasteiger partial charge on any atom is 0.259 e. The number of nitrogens with one attached hydrogen (secondary N) is 1. The first-order valence-corrected chi connectivity index (χ1v) is 10.5. The molecular formula is C21H21N5O3S. The highest BCUT2D eigenvalue weighted by Gasteiger charge is 2.23. The Labute approximate surface area is 176 Å². The van der Waals surface area contributed by atoms with Crippen LogP contribution >= 0.6 is 11.3 Å². The second-order valence-corrected chi connectivity index (χ2v) is 8.74. The second-order valence-electron chi connectivity index (χ2n) is 7.66. The summed E-state index contributed by atoms with van der Waals surface area (Å²) < 4.78 is 11.0. The number of likely N-dealkylation sites (N-methyl/N-ethyl adjacent to an activating group) is 1. The SMILES string of the molecule is Cc1cc(-c2cc(C(=O)Nc3nc4c(s3)CN(C)CC4)c3c(C)noc3n2)c(C)o1. The number of rotatable bonds is 3. The van der Waals surface area contributed by atoms with E-state index in [2.05, 4.69) is 32.4 Å². The number of pyridine rings is 1. The van der Waals surface area contributed by atoms with Crippen LogP contribution in [0.15, 0.2) is 21.1 Å². The summed E-state index contributed by atoms with van der Waals surface area (Å²) in [5.74, 6) is 1.26. The first-order chi connectivity index (χ1) is 14.4. The van der Waals surface area contributed by atoms with E-state index in [-0.39, 0.29) is 5.91 Å². The summed E-state index contributed by atoms with van der Waals surface area (Å²) in [5.41, 5.74) is 3.91. The standard InChI is InChI=1S/C21H21N5O3S/c1-10-7-13(12(3)28-10)16-8-14(18-11(2)25-29-20(18)22-16)19(27)24-21-23-15-5-6-26(4)9-17(15)30-21/h7-8H,5-6,9H2,1-4H3,(H,23,24,27). The fourth-order valence-corrected chi connectivity index (χ4v) is 4.92. The lowest BCUT2D eigenvalue weighted by molar-refractivity contribution is 0.102. The zero-order valence-corrected chi connectivity index (χ0v) is 18.0. The van der Waals surface area contributed by atoms with Crippen molar-refractivity contribution in [1.82, 2.24) is 20.0 Å². The predicted octanol–water partition coefficient (Wildman–Crippen LogP) is 4.10. The van der Waals surface area contributed by atoms with E-state index in [1.54, 1.807) is 13.0 Å². The van der Waals surface area contributed by atoms with E-state index in [4.69, 9.17) is 8.94 Å². The van der Waals surface area contributed by atoms with Crippen LogP contribution in [0.1, 0.15) is 38.1 Å². The number of carbonyl (C=O) groups excluding carboxylic acids is 1. The quantitative estimate of drug-likeness (QED) is 0.530. The van der Waals surface area contributed by atoms with Gasteiger partial charge in [0.1, 0.15) is 11.5 Å². The molecular weight excluding hydrogens is 402 g/mol.